The Morgan fingerprint density at radius 3 is 2.10 bits per heavy atom. The molecule has 0 amide bonds. The Hall–Kier alpha value is -1.80. The SMILES string of the molecule is CCCCCCCCCCCCC#C[C@@H]1C=C[C@H](OC(C)=O)[C@@H](COC(C)=O)O1. The summed E-state index contributed by atoms with van der Waals surface area (Å²) in [7, 11) is 0. The number of unbranched alkanes of at least 4 members (excludes halogenated alkanes) is 10. The number of rotatable bonds is 13. The smallest absolute Gasteiger partial charge is 0.303 e. The van der Waals surface area contributed by atoms with Crippen molar-refractivity contribution in [1.82, 2.24) is 0 Å². The summed E-state index contributed by atoms with van der Waals surface area (Å²) in [4.78, 5) is 22.3. The first-order valence-electron chi connectivity index (χ1n) is 11.2. The molecule has 0 saturated carbocycles. The van der Waals surface area contributed by atoms with Crippen LogP contribution < -0.4 is 0 Å². The minimum Gasteiger partial charge on any atom is -0.463 e. The first-order valence-corrected chi connectivity index (χ1v) is 11.2. The monoisotopic (exact) mass is 406 g/mol. The Morgan fingerprint density at radius 2 is 1.52 bits per heavy atom. The van der Waals surface area contributed by atoms with Crippen molar-refractivity contribution < 1.29 is 23.8 Å². The van der Waals surface area contributed by atoms with Crippen molar-refractivity contribution in [3.05, 3.63) is 12.2 Å². The van der Waals surface area contributed by atoms with E-state index in [4.69, 9.17) is 14.2 Å². The number of carbonyl (C=O) groups is 2. The molecule has 29 heavy (non-hydrogen) atoms. The van der Waals surface area contributed by atoms with Crippen molar-refractivity contribution in [2.45, 2.75) is 110 Å². The minimum absolute atomic E-state index is 0.0360. The number of hydrogen-bond acceptors (Lipinski definition) is 5. The van der Waals surface area contributed by atoms with Gasteiger partial charge in [0, 0.05) is 20.3 Å². The zero-order valence-corrected chi connectivity index (χ0v) is 18.4. The van der Waals surface area contributed by atoms with Gasteiger partial charge in [0.2, 0.25) is 0 Å². The third-order valence-electron chi connectivity index (χ3n) is 4.82. The summed E-state index contributed by atoms with van der Waals surface area (Å²) in [6.07, 6.45) is 16.0. The molecule has 1 aliphatic heterocycles. The molecule has 0 spiro atoms. The van der Waals surface area contributed by atoms with Crippen molar-refractivity contribution in [3.63, 3.8) is 0 Å². The number of ether oxygens (including phenoxy) is 3. The Labute approximate surface area is 176 Å². The van der Waals surface area contributed by atoms with E-state index in [0.29, 0.717) is 0 Å². The highest BCUT2D eigenvalue weighted by Gasteiger charge is 2.29. The fourth-order valence-electron chi connectivity index (χ4n) is 3.24. The summed E-state index contributed by atoms with van der Waals surface area (Å²) in [5.41, 5.74) is 0. The van der Waals surface area contributed by atoms with E-state index in [2.05, 4.69) is 18.8 Å². The van der Waals surface area contributed by atoms with Gasteiger partial charge in [0.05, 0.1) is 0 Å². The minimum atomic E-state index is -0.563. The Bertz CT molecular complexity index is 557. The molecule has 0 unspecified atom stereocenters. The first-order chi connectivity index (χ1) is 14.0. The molecule has 0 saturated heterocycles. The van der Waals surface area contributed by atoms with Crippen LogP contribution in [-0.2, 0) is 23.8 Å². The lowest BCUT2D eigenvalue weighted by atomic mass is 10.1. The molecular formula is C24H38O5. The van der Waals surface area contributed by atoms with Gasteiger partial charge in [-0.15, -0.1) is 5.92 Å². The molecule has 0 bridgehead atoms. The van der Waals surface area contributed by atoms with Crippen LogP contribution >= 0.6 is 0 Å². The van der Waals surface area contributed by atoms with Crippen LogP contribution in [0.3, 0.4) is 0 Å². The van der Waals surface area contributed by atoms with Crippen molar-refractivity contribution >= 4 is 11.9 Å². The van der Waals surface area contributed by atoms with Crippen LogP contribution in [0.25, 0.3) is 0 Å². The maximum atomic E-state index is 11.2. The highest BCUT2D eigenvalue weighted by molar-refractivity contribution is 5.66. The molecule has 0 N–H and O–H groups in total. The molecule has 0 aliphatic carbocycles. The topological polar surface area (TPSA) is 61.8 Å². The van der Waals surface area contributed by atoms with Crippen LogP contribution in [0.2, 0.25) is 0 Å². The van der Waals surface area contributed by atoms with E-state index in [-0.39, 0.29) is 12.7 Å². The third kappa shape index (κ3) is 13.1. The summed E-state index contributed by atoms with van der Waals surface area (Å²) in [6, 6.07) is 0. The first kappa shape index (κ1) is 25.2. The Kier molecular flexibility index (Phi) is 14.0. The number of carbonyl (C=O) groups excluding carboxylic acids is 2. The highest BCUT2D eigenvalue weighted by atomic mass is 16.6. The van der Waals surface area contributed by atoms with Crippen LogP contribution in [0.1, 0.15) is 91.4 Å². The van der Waals surface area contributed by atoms with E-state index in [0.717, 1.165) is 12.8 Å². The zero-order chi connectivity index (χ0) is 21.3. The van der Waals surface area contributed by atoms with Gasteiger partial charge in [0.25, 0.3) is 0 Å². The van der Waals surface area contributed by atoms with Crippen molar-refractivity contribution in [2.24, 2.45) is 0 Å². The van der Waals surface area contributed by atoms with Gasteiger partial charge in [-0.05, 0) is 18.6 Å². The summed E-state index contributed by atoms with van der Waals surface area (Å²) >= 11 is 0. The predicted molar refractivity (Wildman–Crippen MR) is 114 cm³/mol. The fraction of sp³-hybridized carbons (Fsp3) is 0.750. The molecule has 1 rings (SSSR count). The van der Waals surface area contributed by atoms with Crippen LogP contribution in [0.5, 0.6) is 0 Å². The third-order valence-corrected chi connectivity index (χ3v) is 4.82. The second-order valence-electron chi connectivity index (χ2n) is 7.61. The van der Waals surface area contributed by atoms with Crippen molar-refractivity contribution in [1.29, 1.82) is 0 Å². The van der Waals surface area contributed by atoms with Crippen LogP contribution in [0.4, 0.5) is 0 Å². The second-order valence-corrected chi connectivity index (χ2v) is 7.61. The maximum Gasteiger partial charge on any atom is 0.303 e. The highest BCUT2D eigenvalue weighted by Crippen LogP contribution is 2.17. The second kappa shape index (κ2) is 16.0. The zero-order valence-electron chi connectivity index (χ0n) is 18.4. The number of hydrogen-bond donors (Lipinski definition) is 0. The molecule has 0 aromatic heterocycles. The molecule has 1 heterocycles. The Balaban J connectivity index is 2.23. The molecule has 0 aromatic rings. The number of esters is 2. The van der Waals surface area contributed by atoms with E-state index < -0.39 is 24.1 Å². The lowest BCUT2D eigenvalue weighted by Crippen LogP contribution is -2.41. The van der Waals surface area contributed by atoms with Gasteiger partial charge in [0.15, 0.2) is 0 Å². The fourth-order valence-corrected chi connectivity index (χ4v) is 3.24. The quantitative estimate of drug-likeness (QED) is 0.184. The van der Waals surface area contributed by atoms with E-state index in [1.54, 1.807) is 12.2 Å². The maximum absolute atomic E-state index is 11.2. The van der Waals surface area contributed by atoms with E-state index in [9.17, 15) is 9.59 Å². The molecule has 0 aromatic carbocycles. The molecule has 164 valence electrons. The summed E-state index contributed by atoms with van der Waals surface area (Å²) in [5.74, 6) is 5.49. The van der Waals surface area contributed by atoms with Gasteiger partial charge >= 0.3 is 11.9 Å². The normalized spacial score (nSPS) is 20.6. The van der Waals surface area contributed by atoms with Crippen molar-refractivity contribution in [2.75, 3.05) is 6.61 Å². The van der Waals surface area contributed by atoms with Crippen molar-refractivity contribution in [3.8, 4) is 11.8 Å². The molecule has 0 radical (unpaired) electrons. The van der Waals surface area contributed by atoms with Crippen LogP contribution in [-0.4, -0.2) is 36.9 Å². The van der Waals surface area contributed by atoms with E-state index in [1.165, 1.54) is 71.6 Å². The molecular weight excluding hydrogens is 368 g/mol. The van der Waals surface area contributed by atoms with E-state index >= 15 is 0 Å². The van der Waals surface area contributed by atoms with Gasteiger partial charge in [-0.25, -0.2) is 0 Å². The lowest BCUT2D eigenvalue weighted by Gasteiger charge is -2.29. The predicted octanol–water partition coefficient (Wildman–Crippen LogP) is 5.12. The van der Waals surface area contributed by atoms with Gasteiger partial charge in [0.1, 0.15) is 24.9 Å². The summed E-state index contributed by atoms with van der Waals surface area (Å²) in [5, 5.41) is 0. The summed E-state index contributed by atoms with van der Waals surface area (Å²) < 4.78 is 16.1. The van der Waals surface area contributed by atoms with Gasteiger partial charge in [-0.3, -0.25) is 9.59 Å². The van der Waals surface area contributed by atoms with Crippen LogP contribution in [0, 0.1) is 11.8 Å². The van der Waals surface area contributed by atoms with Crippen LogP contribution in [0.15, 0.2) is 12.2 Å². The van der Waals surface area contributed by atoms with E-state index in [1.807, 2.05) is 0 Å². The molecule has 3 atom stereocenters. The average Bonchev–Trinajstić information content (AvgIpc) is 2.68. The van der Waals surface area contributed by atoms with Gasteiger partial charge in [-0.2, -0.15) is 0 Å². The Morgan fingerprint density at radius 1 is 0.897 bits per heavy atom. The average molecular weight is 407 g/mol. The largest absolute Gasteiger partial charge is 0.463 e. The van der Waals surface area contributed by atoms with Gasteiger partial charge in [-0.1, -0.05) is 70.6 Å². The molecule has 1 aliphatic rings. The standard InChI is InChI=1S/C24H38O5/c1-4-5-6-7-8-9-10-11-12-13-14-15-16-22-17-18-23(28-21(3)26)24(29-22)19-27-20(2)25/h17-18,22-24H,4-14,19H2,1-3H3/t22-,23+,24-/m1/s1. The lowest BCUT2D eigenvalue weighted by molar-refractivity contribution is -0.161. The van der Waals surface area contributed by atoms with Gasteiger partial charge < -0.3 is 14.2 Å². The molecule has 5 heteroatoms. The molecule has 0 fully saturated rings. The molecule has 5 nitrogen and oxygen atoms in total. The summed E-state index contributed by atoms with van der Waals surface area (Å²) in [6.45, 7) is 4.97.